The maximum absolute atomic E-state index is 13.1. The van der Waals surface area contributed by atoms with Gasteiger partial charge in [0, 0.05) is 23.0 Å². The van der Waals surface area contributed by atoms with Crippen molar-refractivity contribution in [3.63, 3.8) is 0 Å². The summed E-state index contributed by atoms with van der Waals surface area (Å²) in [5, 5.41) is 4.05. The molecule has 4 rings (SSSR count). The van der Waals surface area contributed by atoms with E-state index in [0.717, 1.165) is 15.6 Å². The lowest BCUT2D eigenvalue weighted by Gasteiger charge is -2.22. The molecule has 132 valence electrons. The largest absolute Gasteiger partial charge is 0.337 e. The third-order valence-corrected chi connectivity index (χ3v) is 4.95. The van der Waals surface area contributed by atoms with E-state index in [1.54, 1.807) is 17.0 Å². The summed E-state index contributed by atoms with van der Waals surface area (Å²) >= 11 is 3.40. The number of likely N-dealkylation sites (tertiary alicyclic amines) is 1. The van der Waals surface area contributed by atoms with Gasteiger partial charge < -0.3 is 9.42 Å². The van der Waals surface area contributed by atoms with E-state index in [0.29, 0.717) is 31.1 Å². The molecule has 0 aliphatic carbocycles. The Morgan fingerprint density at radius 1 is 1.15 bits per heavy atom. The van der Waals surface area contributed by atoms with Crippen molar-refractivity contribution < 1.29 is 13.7 Å². The Balaban J connectivity index is 1.57. The average molecular weight is 416 g/mol. The minimum atomic E-state index is -0.297. The van der Waals surface area contributed by atoms with Gasteiger partial charge in [-0.2, -0.15) is 4.98 Å². The van der Waals surface area contributed by atoms with Gasteiger partial charge in [0.15, 0.2) is 0 Å². The monoisotopic (exact) mass is 415 g/mol. The second-order valence-corrected chi connectivity index (χ2v) is 7.08. The lowest BCUT2D eigenvalue weighted by molar-refractivity contribution is -0.129. The molecule has 0 bridgehead atoms. The summed E-state index contributed by atoms with van der Waals surface area (Å²) in [5.74, 6) is 0.654. The Hall–Kier alpha value is -2.54. The number of nitrogens with zero attached hydrogens (tertiary/aromatic N) is 3. The minimum Gasteiger partial charge on any atom is -0.337 e. The second kappa shape index (κ2) is 6.99. The Kier molecular flexibility index (Phi) is 4.55. The van der Waals surface area contributed by atoms with Crippen LogP contribution >= 0.6 is 15.9 Å². The number of amides is 1. The number of carbonyl (C=O) groups excluding carboxylic acids is 1. The summed E-state index contributed by atoms with van der Waals surface area (Å²) in [6.45, 7) is 0.389. The molecule has 1 unspecified atom stereocenters. The smallest absolute Gasteiger partial charge is 0.249 e. The topological polar surface area (TPSA) is 59.2 Å². The van der Waals surface area contributed by atoms with Crippen molar-refractivity contribution >= 4 is 21.8 Å². The van der Waals surface area contributed by atoms with Crippen molar-refractivity contribution in [2.75, 3.05) is 0 Å². The van der Waals surface area contributed by atoms with Gasteiger partial charge in [-0.25, -0.2) is 4.39 Å². The van der Waals surface area contributed by atoms with Crippen LogP contribution in [-0.4, -0.2) is 20.9 Å². The molecule has 7 heteroatoms. The second-order valence-electron chi connectivity index (χ2n) is 6.17. The van der Waals surface area contributed by atoms with E-state index in [9.17, 15) is 9.18 Å². The molecule has 5 nitrogen and oxygen atoms in total. The van der Waals surface area contributed by atoms with Crippen LogP contribution in [0, 0.1) is 5.82 Å². The van der Waals surface area contributed by atoms with Gasteiger partial charge in [0.1, 0.15) is 11.9 Å². The van der Waals surface area contributed by atoms with Gasteiger partial charge in [-0.05, 0) is 48.4 Å². The number of halogens is 2. The SMILES string of the molecule is O=C1CCC(c2nc(-c3ccc(Br)cc3)no2)N1Cc1ccc(F)cc1. The molecule has 0 radical (unpaired) electrons. The third-order valence-electron chi connectivity index (χ3n) is 4.42. The predicted octanol–water partition coefficient (Wildman–Crippen LogP) is 4.50. The molecule has 0 N–H and O–H groups in total. The van der Waals surface area contributed by atoms with Crippen LogP contribution in [0.5, 0.6) is 0 Å². The number of hydrogen-bond acceptors (Lipinski definition) is 4. The van der Waals surface area contributed by atoms with E-state index >= 15 is 0 Å². The van der Waals surface area contributed by atoms with Crippen molar-refractivity contribution in [2.24, 2.45) is 0 Å². The van der Waals surface area contributed by atoms with Crippen molar-refractivity contribution in [2.45, 2.75) is 25.4 Å². The first kappa shape index (κ1) is 16.9. The fourth-order valence-electron chi connectivity index (χ4n) is 3.06. The molecule has 0 saturated carbocycles. The Labute approximate surface area is 158 Å². The highest BCUT2D eigenvalue weighted by Gasteiger charge is 2.36. The summed E-state index contributed by atoms with van der Waals surface area (Å²) in [6, 6.07) is 13.5. The molecule has 0 spiro atoms. The maximum Gasteiger partial charge on any atom is 0.249 e. The lowest BCUT2D eigenvalue weighted by Crippen LogP contribution is -2.27. The molecule has 1 amide bonds. The van der Waals surface area contributed by atoms with Gasteiger partial charge in [-0.15, -0.1) is 0 Å². The van der Waals surface area contributed by atoms with Crippen LogP contribution in [0.25, 0.3) is 11.4 Å². The van der Waals surface area contributed by atoms with Crippen molar-refractivity contribution in [1.29, 1.82) is 0 Å². The Morgan fingerprint density at radius 3 is 2.62 bits per heavy atom. The van der Waals surface area contributed by atoms with Gasteiger partial charge in [0.25, 0.3) is 0 Å². The number of rotatable bonds is 4. The fourth-order valence-corrected chi connectivity index (χ4v) is 3.33. The first-order valence-electron chi connectivity index (χ1n) is 8.23. The first-order valence-corrected chi connectivity index (χ1v) is 9.03. The quantitative estimate of drug-likeness (QED) is 0.629. The average Bonchev–Trinajstić information content (AvgIpc) is 3.25. The Morgan fingerprint density at radius 2 is 1.88 bits per heavy atom. The number of hydrogen-bond donors (Lipinski definition) is 0. The molecule has 2 heterocycles. The third kappa shape index (κ3) is 3.39. The van der Waals surface area contributed by atoms with E-state index in [-0.39, 0.29) is 17.8 Å². The standard InChI is InChI=1S/C19H15BrFN3O2/c20-14-5-3-13(4-6-14)18-22-19(26-23-18)16-9-10-17(25)24(16)11-12-1-7-15(21)8-2-12/h1-8,16H,9-11H2. The van der Waals surface area contributed by atoms with E-state index < -0.39 is 0 Å². The molecular formula is C19H15BrFN3O2. The van der Waals surface area contributed by atoms with Crippen LogP contribution in [0.1, 0.15) is 30.3 Å². The van der Waals surface area contributed by atoms with Gasteiger partial charge in [-0.1, -0.05) is 33.2 Å². The normalized spacial score (nSPS) is 17.1. The van der Waals surface area contributed by atoms with Crippen LogP contribution < -0.4 is 0 Å². The molecule has 1 aromatic heterocycles. The highest BCUT2D eigenvalue weighted by molar-refractivity contribution is 9.10. The molecule has 1 fully saturated rings. The zero-order valence-electron chi connectivity index (χ0n) is 13.7. The zero-order valence-corrected chi connectivity index (χ0v) is 15.3. The van der Waals surface area contributed by atoms with E-state index in [4.69, 9.17) is 4.52 Å². The molecule has 1 aliphatic rings. The molecule has 1 saturated heterocycles. The minimum absolute atomic E-state index is 0.0303. The van der Waals surface area contributed by atoms with Gasteiger partial charge in [-0.3, -0.25) is 4.79 Å². The molecule has 3 aromatic rings. The summed E-state index contributed by atoms with van der Waals surface area (Å²) in [4.78, 5) is 18.5. The van der Waals surface area contributed by atoms with Crippen molar-refractivity contribution in [3.8, 4) is 11.4 Å². The summed E-state index contributed by atoms with van der Waals surface area (Å²) in [5.41, 5.74) is 1.71. The van der Waals surface area contributed by atoms with Gasteiger partial charge >= 0.3 is 0 Å². The van der Waals surface area contributed by atoms with E-state index in [1.165, 1.54) is 12.1 Å². The van der Waals surface area contributed by atoms with Crippen LogP contribution in [0.3, 0.4) is 0 Å². The maximum atomic E-state index is 13.1. The van der Waals surface area contributed by atoms with Crippen LogP contribution in [-0.2, 0) is 11.3 Å². The highest BCUT2D eigenvalue weighted by atomic mass is 79.9. The van der Waals surface area contributed by atoms with Crippen LogP contribution in [0.15, 0.2) is 57.5 Å². The van der Waals surface area contributed by atoms with Crippen molar-refractivity contribution in [3.05, 3.63) is 70.3 Å². The molecule has 1 aliphatic heterocycles. The molecule has 26 heavy (non-hydrogen) atoms. The number of carbonyl (C=O) groups is 1. The zero-order chi connectivity index (χ0) is 18.1. The number of aromatic nitrogens is 2. The van der Waals surface area contributed by atoms with Crippen LogP contribution in [0.4, 0.5) is 4.39 Å². The summed E-state index contributed by atoms with van der Waals surface area (Å²) in [6.07, 6.45) is 1.06. The lowest BCUT2D eigenvalue weighted by atomic mass is 10.1. The first-order chi connectivity index (χ1) is 12.6. The summed E-state index contributed by atoms with van der Waals surface area (Å²) < 4.78 is 19.5. The van der Waals surface area contributed by atoms with E-state index in [2.05, 4.69) is 26.1 Å². The van der Waals surface area contributed by atoms with Gasteiger partial charge in [0.2, 0.25) is 17.6 Å². The molecular weight excluding hydrogens is 401 g/mol. The number of benzene rings is 2. The van der Waals surface area contributed by atoms with Crippen molar-refractivity contribution in [1.82, 2.24) is 15.0 Å². The van der Waals surface area contributed by atoms with E-state index in [1.807, 2.05) is 24.3 Å². The molecule has 1 atom stereocenters. The molecule has 2 aromatic carbocycles. The highest BCUT2D eigenvalue weighted by Crippen LogP contribution is 2.34. The van der Waals surface area contributed by atoms with Crippen LogP contribution in [0.2, 0.25) is 0 Å². The Bertz CT molecular complexity index is 925. The predicted molar refractivity (Wildman–Crippen MR) is 96.4 cm³/mol. The fraction of sp³-hybridized carbons (Fsp3) is 0.211. The summed E-state index contributed by atoms with van der Waals surface area (Å²) in [7, 11) is 0. The van der Waals surface area contributed by atoms with Gasteiger partial charge in [0.05, 0.1) is 0 Å².